The van der Waals surface area contributed by atoms with Crippen LogP contribution in [-0.4, -0.2) is 20.0 Å². The Balaban J connectivity index is 2.21. The van der Waals surface area contributed by atoms with Crippen LogP contribution in [0.15, 0.2) is 30.5 Å². The summed E-state index contributed by atoms with van der Waals surface area (Å²) in [6.45, 7) is 4.17. The predicted octanol–water partition coefficient (Wildman–Crippen LogP) is 2.93. The minimum atomic E-state index is 0.515. The van der Waals surface area contributed by atoms with E-state index in [-0.39, 0.29) is 0 Å². The summed E-state index contributed by atoms with van der Waals surface area (Å²) in [7, 11) is 1.93. The van der Waals surface area contributed by atoms with Crippen LogP contribution in [0, 0.1) is 6.92 Å². The van der Waals surface area contributed by atoms with E-state index in [9.17, 15) is 0 Å². The maximum absolute atomic E-state index is 6.09. The molecular formula is C16H19N5. The lowest BCUT2D eigenvalue weighted by atomic mass is 9.99. The first-order chi connectivity index (χ1) is 10.1. The highest BCUT2D eigenvalue weighted by Crippen LogP contribution is 2.36. The largest absolute Gasteiger partial charge is 0.382 e. The van der Waals surface area contributed by atoms with Gasteiger partial charge in [0.25, 0.3) is 0 Å². The first-order valence-corrected chi connectivity index (χ1v) is 7.04. The lowest BCUT2D eigenvalue weighted by Gasteiger charge is -2.05. The molecule has 0 amide bonds. The van der Waals surface area contributed by atoms with Crippen LogP contribution in [0.5, 0.6) is 0 Å². The minimum Gasteiger partial charge on any atom is -0.382 e. The third kappa shape index (κ3) is 2.31. The number of nitrogens with two attached hydrogens (primary N) is 1. The second kappa shape index (κ2) is 5.09. The fraction of sp³-hybridized carbons (Fsp3) is 0.250. The molecule has 0 saturated heterocycles. The Bertz CT molecular complexity index is 782. The molecule has 5 heteroatoms. The molecule has 0 spiro atoms. The van der Waals surface area contributed by atoms with Gasteiger partial charge in [-0.25, -0.2) is 0 Å². The molecule has 3 rings (SSSR count). The van der Waals surface area contributed by atoms with E-state index >= 15 is 0 Å². The number of anilines is 1. The number of hydrogen-bond donors (Lipinski definition) is 2. The number of aromatic nitrogens is 4. The topological polar surface area (TPSA) is 72.5 Å². The van der Waals surface area contributed by atoms with Crippen LogP contribution in [-0.2, 0) is 13.5 Å². The highest BCUT2D eigenvalue weighted by molar-refractivity contribution is 5.88. The van der Waals surface area contributed by atoms with Gasteiger partial charge in [-0.1, -0.05) is 36.8 Å². The number of hydrogen-bond acceptors (Lipinski definition) is 3. The highest BCUT2D eigenvalue weighted by Gasteiger charge is 2.18. The Hall–Kier alpha value is -2.56. The lowest BCUT2D eigenvalue weighted by molar-refractivity contribution is 0.746. The zero-order valence-electron chi connectivity index (χ0n) is 12.5. The lowest BCUT2D eigenvalue weighted by Crippen LogP contribution is -1.91. The first-order valence-electron chi connectivity index (χ1n) is 7.04. The molecule has 3 N–H and O–H groups in total. The van der Waals surface area contributed by atoms with Crippen molar-refractivity contribution in [3.63, 3.8) is 0 Å². The van der Waals surface area contributed by atoms with Gasteiger partial charge in [-0.15, -0.1) is 0 Å². The number of benzene rings is 1. The number of nitrogen functional groups attached to an aromatic ring is 1. The van der Waals surface area contributed by atoms with Crippen molar-refractivity contribution in [1.82, 2.24) is 20.0 Å². The van der Waals surface area contributed by atoms with E-state index in [1.165, 1.54) is 5.56 Å². The van der Waals surface area contributed by atoms with Gasteiger partial charge < -0.3 is 5.73 Å². The first kappa shape index (κ1) is 13.4. The molecule has 2 heterocycles. The summed E-state index contributed by atoms with van der Waals surface area (Å²) in [6.07, 6.45) is 2.87. The molecule has 0 unspecified atom stereocenters. The molecule has 5 nitrogen and oxygen atoms in total. The second-order valence-electron chi connectivity index (χ2n) is 5.25. The number of aromatic amines is 1. The summed E-state index contributed by atoms with van der Waals surface area (Å²) in [5.74, 6) is 0.515. The number of nitrogens with one attached hydrogen (secondary N) is 1. The average molecular weight is 281 g/mol. The van der Waals surface area contributed by atoms with Crippen molar-refractivity contribution in [1.29, 1.82) is 0 Å². The van der Waals surface area contributed by atoms with E-state index in [1.807, 2.05) is 24.0 Å². The molecule has 108 valence electrons. The van der Waals surface area contributed by atoms with Crippen molar-refractivity contribution in [3.05, 3.63) is 41.7 Å². The van der Waals surface area contributed by atoms with Gasteiger partial charge in [0.1, 0.15) is 0 Å². The van der Waals surface area contributed by atoms with Gasteiger partial charge >= 0.3 is 0 Å². The third-order valence-electron chi connectivity index (χ3n) is 3.61. The van der Waals surface area contributed by atoms with Gasteiger partial charge in [0, 0.05) is 18.8 Å². The Morgan fingerprint density at radius 1 is 1.33 bits per heavy atom. The average Bonchev–Trinajstić information content (AvgIpc) is 3.01. The third-order valence-corrected chi connectivity index (χ3v) is 3.61. The monoisotopic (exact) mass is 281 g/mol. The van der Waals surface area contributed by atoms with Crippen LogP contribution in [0.2, 0.25) is 0 Å². The van der Waals surface area contributed by atoms with Crippen molar-refractivity contribution >= 4 is 5.82 Å². The maximum Gasteiger partial charge on any atom is 0.153 e. The van der Waals surface area contributed by atoms with Crippen LogP contribution in [0.25, 0.3) is 22.4 Å². The summed E-state index contributed by atoms with van der Waals surface area (Å²) in [5.41, 5.74) is 12.3. The smallest absolute Gasteiger partial charge is 0.153 e. The summed E-state index contributed by atoms with van der Waals surface area (Å²) in [4.78, 5) is 0. The molecule has 0 fully saturated rings. The molecule has 0 radical (unpaired) electrons. The Labute approximate surface area is 123 Å². The molecule has 0 atom stereocenters. The number of nitrogens with zero attached hydrogens (tertiary/aromatic N) is 3. The molecule has 0 aliphatic heterocycles. The molecular weight excluding hydrogens is 262 g/mol. The van der Waals surface area contributed by atoms with Gasteiger partial charge in [0.2, 0.25) is 0 Å². The van der Waals surface area contributed by atoms with Crippen molar-refractivity contribution < 1.29 is 0 Å². The highest BCUT2D eigenvalue weighted by atomic mass is 15.3. The SMILES string of the molecule is CCc1nn(C)cc1-c1[nH]nc(N)c1-c1cccc(C)c1. The van der Waals surface area contributed by atoms with E-state index in [0.29, 0.717) is 5.82 Å². The van der Waals surface area contributed by atoms with Crippen molar-refractivity contribution in [2.45, 2.75) is 20.3 Å². The minimum absolute atomic E-state index is 0.515. The molecule has 2 aromatic heterocycles. The van der Waals surface area contributed by atoms with Gasteiger partial charge in [-0.2, -0.15) is 10.2 Å². The molecule has 0 bridgehead atoms. The second-order valence-corrected chi connectivity index (χ2v) is 5.25. The fourth-order valence-electron chi connectivity index (χ4n) is 2.65. The Morgan fingerprint density at radius 2 is 2.14 bits per heavy atom. The van der Waals surface area contributed by atoms with E-state index in [0.717, 1.165) is 34.5 Å². The van der Waals surface area contributed by atoms with E-state index in [4.69, 9.17) is 5.73 Å². The standard InChI is InChI=1S/C16H19N5/c1-4-13-12(9-21(3)20-13)15-14(16(17)19-18-15)11-7-5-6-10(2)8-11/h5-9H,4H2,1-3H3,(H3,17,18,19). The van der Waals surface area contributed by atoms with Crippen molar-refractivity contribution in [3.8, 4) is 22.4 Å². The number of H-pyrrole nitrogens is 1. The summed E-state index contributed by atoms with van der Waals surface area (Å²) >= 11 is 0. The fourth-order valence-corrected chi connectivity index (χ4v) is 2.65. The Morgan fingerprint density at radius 3 is 2.86 bits per heavy atom. The normalized spacial score (nSPS) is 11.0. The van der Waals surface area contributed by atoms with E-state index in [2.05, 4.69) is 47.3 Å². The Kier molecular flexibility index (Phi) is 3.25. The molecule has 21 heavy (non-hydrogen) atoms. The molecule has 0 aliphatic rings. The van der Waals surface area contributed by atoms with Crippen LogP contribution in [0.3, 0.4) is 0 Å². The van der Waals surface area contributed by atoms with E-state index < -0.39 is 0 Å². The van der Waals surface area contributed by atoms with Crippen molar-refractivity contribution in [2.75, 3.05) is 5.73 Å². The number of aryl methyl sites for hydroxylation is 3. The number of rotatable bonds is 3. The van der Waals surface area contributed by atoms with Crippen molar-refractivity contribution in [2.24, 2.45) is 7.05 Å². The van der Waals surface area contributed by atoms with E-state index in [1.54, 1.807) is 0 Å². The molecule has 3 aromatic rings. The van der Waals surface area contributed by atoms with Crippen LogP contribution >= 0.6 is 0 Å². The van der Waals surface area contributed by atoms with Crippen LogP contribution in [0.4, 0.5) is 5.82 Å². The summed E-state index contributed by atoms with van der Waals surface area (Å²) < 4.78 is 1.82. The summed E-state index contributed by atoms with van der Waals surface area (Å²) in [6, 6.07) is 8.28. The zero-order chi connectivity index (χ0) is 15.0. The molecule has 1 aromatic carbocycles. The maximum atomic E-state index is 6.09. The predicted molar refractivity (Wildman–Crippen MR) is 84.8 cm³/mol. The van der Waals surface area contributed by atoms with Gasteiger partial charge in [0.05, 0.1) is 17.0 Å². The van der Waals surface area contributed by atoms with Gasteiger partial charge in [-0.3, -0.25) is 9.78 Å². The van der Waals surface area contributed by atoms with Gasteiger partial charge in [-0.05, 0) is 18.9 Å². The summed E-state index contributed by atoms with van der Waals surface area (Å²) in [5, 5.41) is 11.8. The zero-order valence-corrected chi connectivity index (χ0v) is 12.5. The quantitative estimate of drug-likeness (QED) is 0.775. The van der Waals surface area contributed by atoms with Crippen LogP contribution in [0.1, 0.15) is 18.2 Å². The molecule has 0 saturated carbocycles. The van der Waals surface area contributed by atoms with Gasteiger partial charge in [0.15, 0.2) is 5.82 Å². The molecule has 0 aliphatic carbocycles. The van der Waals surface area contributed by atoms with Crippen LogP contribution < -0.4 is 5.73 Å².